The van der Waals surface area contributed by atoms with Crippen LogP contribution in [0.4, 0.5) is 4.79 Å². The first-order valence-electron chi connectivity index (χ1n) is 6.04. The van der Waals surface area contributed by atoms with Gasteiger partial charge in [0.25, 0.3) is 0 Å². The van der Waals surface area contributed by atoms with Crippen LogP contribution in [0.1, 0.15) is 33.2 Å². The largest absolute Gasteiger partial charge is 0.444 e. The SMILES string of the molecule is CC(C)(C)OC(=O)N1CC[C@H](n2ccc(I)n2)C1. The van der Waals surface area contributed by atoms with E-state index in [0.29, 0.717) is 6.54 Å². The Kier molecular flexibility index (Phi) is 3.84. The Hall–Kier alpha value is -0.790. The van der Waals surface area contributed by atoms with E-state index in [2.05, 4.69) is 27.7 Å². The van der Waals surface area contributed by atoms with Gasteiger partial charge in [0.1, 0.15) is 9.30 Å². The lowest BCUT2D eigenvalue weighted by Crippen LogP contribution is -2.35. The van der Waals surface area contributed by atoms with E-state index in [9.17, 15) is 4.79 Å². The monoisotopic (exact) mass is 363 g/mol. The molecule has 0 aliphatic carbocycles. The van der Waals surface area contributed by atoms with E-state index in [1.807, 2.05) is 37.7 Å². The molecule has 2 rings (SSSR count). The average molecular weight is 363 g/mol. The third-order valence-corrected chi connectivity index (χ3v) is 3.34. The quantitative estimate of drug-likeness (QED) is 0.721. The summed E-state index contributed by atoms with van der Waals surface area (Å²) in [7, 11) is 0. The molecule has 2 heterocycles. The maximum Gasteiger partial charge on any atom is 0.410 e. The highest BCUT2D eigenvalue weighted by atomic mass is 127. The minimum absolute atomic E-state index is 0.230. The van der Waals surface area contributed by atoms with Crippen molar-refractivity contribution in [2.75, 3.05) is 13.1 Å². The lowest BCUT2D eigenvalue weighted by Gasteiger charge is -2.24. The molecule has 100 valence electrons. The highest BCUT2D eigenvalue weighted by Crippen LogP contribution is 2.23. The lowest BCUT2D eigenvalue weighted by molar-refractivity contribution is 0.0288. The predicted octanol–water partition coefficient (Wildman–Crippen LogP) is 2.67. The second kappa shape index (κ2) is 5.07. The van der Waals surface area contributed by atoms with E-state index in [4.69, 9.17) is 4.74 Å². The zero-order chi connectivity index (χ0) is 13.3. The molecule has 1 atom stereocenters. The molecular weight excluding hydrogens is 345 g/mol. The number of likely N-dealkylation sites (tertiary alicyclic amines) is 1. The Morgan fingerprint density at radius 2 is 2.28 bits per heavy atom. The van der Waals surface area contributed by atoms with Crippen molar-refractivity contribution in [3.05, 3.63) is 16.0 Å². The molecule has 6 heteroatoms. The van der Waals surface area contributed by atoms with E-state index in [1.165, 1.54) is 0 Å². The van der Waals surface area contributed by atoms with Gasteiger partial charge in [0.2, 0.25) is 0 Å². The first-order valence-corrected chi connectivity index (χ1v) is 7.11. The molecule has 0 saturated carbocycles. The van der Waals surface area contributed by atoms with Crippen molar-refractivity contribution in [3.8, 4) is 0 Å². The van der Waals surface area contributed by atoms with Crippen molar-refractivity contribution in [1.82, 2.24) is 14.7 Å². The van der Waals surface area contributed by atoms with E-state index >= 15 is 0 Å². The molecule has 0 radical (unpaired) electrons. The summed E-state index contributed by atoms with van der Waals surface area (Å²) in [5, 5.41) is 4.39. The fraction of sp³-hybridized carbons (Fsp3) is 0.667. The topological polar surface area (TPSA) is 47.4 Å². The molecule has 5 nitrogen and oxygen atoms in total. The van der Waals surface area contributed by atoms with Gasteiger partial charge in [0, 0.05) is 19.3 Å². The van der Waals surface area contributed by atoms with Gasteiger partial charge in [-0.1, -0.05) is 0 Å². The summed E-state index contributed by atoms with van der Waals surface area (Å²) in [6.45, 7) is 7.06. The van der Waals surface area contributed by atoms with Gasteiger partial charge in [-0.15, -0.1) is 0 Å². The number of carbonyl (C=O) groups excluding carboxylic acids is 1. The van der Waals surface area contributed by atoms with Gasteiger partial charge in [0.15, 0.2) is 0 Å². The third kappa shape index (κ3) is 3.37. The van der Waals surface area contributed by atoms with Crippen LogP contribution in [0.2, 0.25) is 0 Å². The predicted molar refractivity (Wildman–Crippen MR) is 76.4 cm³/mol. The maximum absolute atomic E-state index is 11.9. The van der Waals surface area contributed by atoms with Crippen LogP contribution >= 0.6 is 22.6 Å². The van der Waals surface area contributed by atoms with E-state index in [-0.39, 0.29) is 12.1 Å². The number of halogens is 1. The Morgan fingerprint density at radius 3 is 2.83 bits per heavy atom. The summed E-state index contributed by atoms with van der Waals surface area (Å²) in [5.74, 6) is 0. The van der Waals surface area contributed by atoms with Gasteiger partial charge in [0.05, 0.1) is 6.04 Å². The first kappa shape index (κ1) is 13.6. The van der Waals surface area contributed by atoms with Crippen LogP contribution in [0.25, 0.3) is 0 Å². The number of rotatable bonds is 1. The van der Waals surface area contributed by atoms with Gasteiger partial charge in [-0.05, 0) is 55.8 Å². The number of ether oxygens (including phenoxy) is 1. The van der Waals surface area contributed by atoms with Crippen molar-refractivity contribution in [2.45, 2.75) is 38.8 Å². The fourth-order valence-electron chi connectivity index (χ4n) is 1.97. The number of carbonyl (C=O) groups is 1. The highest BCUT2D eigenvalue weighted by molar-refractivity contribution is 14.1. The minimum atomic E-state index is -0.434. The molecule has 18 heavy (non-hydrogen) atoms. The molecule has 1 amide bonds. The summed E-state index contributed by atoms with van der Waals surface area (Å²) in [5.41, 5.74) is -0.434. The molecule has 1 aromatic rings. The molecule has 0 N–H and O–H groups in total. The van der Waals surface area contributed by atoms with Gasteiger partial charge >= 0.3 is 6.09 Å². The Labute approximate surface area is 121 Å². The van der Waals surface area contributed by atoms with Gasteiger partial charge in [-0.3, -0.25) is 4.68 Å². The molecule has 0 aromatic carbocycles. The third-order valence-electron chi connectivity index (χ3n) is 2.76. The van der Waals surface area contributed by atoms with Crippen LogP contribution in [0.15, 0.2) is 12.3 Å². The molecule has 0 unspecified atom stereocenters. The van der Waals surface area contributed by atoms with Crippen molar-refractivity contribution in [3.63, 3.8) is 0 Å². The second-order valence-electron chi connectivity index (χ2n) is 5.49. The van der Waals surface area contributed by atoms with Gasteiger partial charge in [-0.25, -0.2) is 4.79 Å². The number of hydrogen-bond acceptors (Lipinski definition) is 3. The number of nitrogens with zero attached hydrogens (tertiary/aromatic N) is 3. The Balaban J connectivity index is 1.94. The molecule has 0 spiro atoms. The minimum Gasteiger partial charge on any atom is -0.444 e. The Bertz CT molecular complexity index is 439. The zero-order valence-corrected chi connectivity index (χ0v) is 13.0. The maximum atomic E-state index is 11.9. The standard InChI is InChI=1S/C12H18IN3O2/c1-12(2,3)18-11(17)15-6-4-9(8-15)16-7-5-10(13)14-16/h5,7,9H,4,6,8H2,1-3H3/t9-/m0/s1. The molecule has 1 aromatic heterocycles. The van der Waals surface area contributed by atoms with Crippen LogP contribution in [0.3, 0.4) is 0 Å². The Morgan fingerprint density at radius 1 is 1.56 bits per heavy atom. The fourth-order valence-corrected chi connectivity index (χ4v) is 2.38. The van der Waals surface area contributed by atoms with Crippen LogP contribution in [0.5, 0.6) is 0 Å². The number of aromatic nitrogens is 2. The van der Waals surface area contributed by atoms with Crippen LogP contribution < -0.4 is 0 Å². The second-order valence-corrected chi connectivity index (χ2v) is 6.59. The summed E-state index contributed by atoms with van der Waals surface area (Å²) in [4.78, 5) is 13.7. The van der Waals surface area contributed by atoms with Gasteiger partial charge in [-0.2, -0.15) is 5.10 Å². The average Bonchev–Trinajstić information content (AvgIpc) is 2.82. The van der Waals surface area contributed by atoms with Crippen LogP contribution in [0, 0.1) is 3.70 Å². The van der Waals surface area contributed by atoms with Crippen LogP contribution in [-0.2, 0) is 4.74 Å². The smallest absolute Gasteiger partial charge is 0.410 e. The first-order chi connectivity index (χ1) is 8.35. The molecular formula is C12H18IN3O2. The van der Waals surface area contributed by atoms with Crippen LogP contribution in [-0.4, -0.2) is 39.5 Å². The van der Waals surface area contributed by atoms with Crippen molar-refractivity contribution < 1.29 is 9.53 Å². The lowest BCUT2D eigenvalue weighted by atomic mass is 10.2. The van der Waals surface area contributed by atoms with Crippen molar-refractivity contribution in [1.29, 1.82) is 0 Å². The van der Waals surface area contributed by atoms with E-state index in [0.717, 1.165) is 16.7 Å². The van der Waals surface area contributed by atoms with Crippen molar-refractivity contribution in [2.24, 2.45) is 0 Å². The number of hydrogen-bond donors (Lipinski definition) is 0. The number of amides is 1. The molecule has 1 aliphatic rings. The zero-order valence-electron chi connectivity index (χ0n) is 10.9. The molecule has 1 fully saturated rings. The van der Waals surface area contributed by atoms with Gasteiger partial charge < -0.3 is 9.64 Å². The van der Waals surface area contributed by atoms with E-state index in [1.54, 1.807) is 4.90 Å². The summed E-state index contributed by atoms with van der Waals surface area (Å²) >= 11 is 2.19. The highest BCUT2D eigenvalue weighted by Gasteiger charge is 2.30. The molecule has 0 bridgehead atoms. The summed E-state index contributed by atoms with van der Waals surface area (Å²) in [6.07, 6.45) is 2.66. The van der Waals surface area contributed by atoms with E-state index < -0.39 is 5.60 Å². The van der Waals surface area contributed by atoms with Crippen molar-refractivity contribution >= 4 is 28.7 Å². The normalized spacial score (nSPS) is 20.2. The molecule has 1 saturated heterocycles. The molecule has 1 aliphatic heterocycles. The summed E-state index contributed by atoms with van der Waals surface area (Å²) < 4.78 is 8.28. The summed E-state index contributed by atoms with van der Waals surface area (Å²) in [6, 6.07) is 2.23.